The standard InChI is InChI=1S/C13H19N3O3/c1-13(2,3)10(12(18)19)16-11(17)8-4-5-15-9(6-8)7-14/h4-6,10H,7,14H2,1-3H3,(H,16,17)(H,18,19). The lowest BCUT2D eigenvalue weighted by atomic mass is 9.86. The lowest BCUT2D eigenvalue weighted by Crippen LogP contribution is -2.49. The summed E-state index contributed by atoms with van der Waals surface area (Å²) in [4.78, 5) is 27.2. The van der Waals surface area contributed by atoms with Crippen molar-refractivity contribution < 1.29 is 14.7 Å². The Hall–Kier alpha value is -1.95. The van der Waals surface area contributed by atoms with Gasteiger partial charge in [0.25, 0.3) is 5.91 Å². The van der Waals surface area contributed by atoms with Crippen molar-refractivity contribution in [2.45, 2.75) is 33.4 Å². The van der Waals surface area contributed by atoms with Crippen molar-refractivity contribution in [1.29, 1.82) is 0 Å². The molecule has 104 valence electrons. The van der Waals surface area contributed by atoms with Gasteiger partial charge in [0.2, 0.25) is 0 Å². The van der Waals surface area contributed by atoms with Crippen molar-refractivity contribution in [2.75, 3.05) is 0 Å². The molecular weight excluding hydrogens is 246 g/mol. The van der Waals surface area contributed by atoms with Gasteiger partial charge in [0.05, 0.1) is 5.69 Å². The summed E-state index contributed by atoms with van der Waals surface area (Å²) in [6, 6.07) is 2.11. The van der Waals surface area contributed by atoms with Crippen LogP contribution in [-0.2, 0) is 11.3 Å². The van der Waals surface area contributed by atoms with E-state index in [0.29, 0.717) is 11.3 Å². The number of hydrogen-bond acceptors (Lipinski definition) is 4. The van der Waals surface area contributed by atoms with Crippen molar-refractivity contribution in [3.8, 4) is 0 Å². The Morgan fingerprint density at radius 2 is 2.11 bits per heavy atom. The van der Waals surface area contributed by atoms with Gasteiger partial charge in [0.15, 0.2) is 0 Å². The fraction of sp³-hybridized carbons (Fsp3) is 0.462. The van der Waals surface area contributed by atoms with Gasteiger partial charge in [-0.15, -0.1) is 0 Å². The number of carboxylic acids is 1. The van der Waals surface area contributed by atoms with Gasteiger partial charge >= 0.3 is 5.97 Å². The molecule has 0 aliphatic rings. The Morgan fingerprint density at radius 3 is 2.58 bits per heavy atom. The maximum atomic E-state index is 12.0. The molecule has 0 aliphatic carbocycles. The highest BCUT2D eigenvalue weighted by atomic mass is 16.4. The van der Waals surface area contributed by atoms with E-state index in [2.05, 4.69) is 10.3 Å². The molecule has 1 amide bonds. The van der Waals surface area contributed by atoms with Crippen LogP contribution < -0.4 is 11.1 Å². The molecule has 1 atom stereocenters. The highest BCUT2D eigenvalue weighted by Crippen LogP contribution is 2.20. The average molecular weight is 265 g/mol. The Kier molecular flexibility index (Phi) is 4.61. The highest BCUT2D eigenvalue weighted by Gasteiger charge is 2.32. The fourth-order valence-corrected chi connectivity index (χ4v) is 1.59. The monoisotopic (exact) mass is 265 g/mol. The Bertz CT molecular complexity index is 480. The van der Waals surface area contributed by atoms with Crippen LogP contribution >= 0.6 is 0 Å². The molecular formula is C13H19N3O3. The van der Waals surface area contributed by atoms with E-state index in [-0.39, 0.29) is 6.54 Å². The molecule has 0 aliphatic heterocycles. The molecule has 0 aromatic carbocycles. The predicted molar refractivity (Wildman–Crippen MR) is 70.5 cm³/mol. The minimum atomic E-state index is -1.06. The van der Waals surface area contributed by atoms with Crippen LogP contribution in [0.15, 0.2) is 18.3 Å². The van der Waals surface area contributed by atoms with Gasteiger partial charge in [-0.3, -0.25) is 9.78 Å². The number of carbonyl (C=O) groups is 2. The zero-order chi connectivity index (χ0) is 14.6. The number of carboxylic acid groups (broad SMARTS) is 1. The average Bonchev–Trinajstić information content (AvgIpc) is 2.33. The summed E-state index contributed by atoms with van der Waals surface area (Å²) >= 11 is 0. The first-order valence-electron chi connectivity index (χ1n) is 5.94. The summed E-state index contributed by atoms with van der Waals surface area (Å²) in [6.45, 7) is 5.49. The van der Waals surface area contributed by atoms with Crippen LogP contribution in [0.2, 0.25) is 0 Å². The fourth-order valence-electron chi connectivity index (χ4n) is 1.59. The number of hydrogen-bond donors (Lipinski definition) is 3. The van der Waals surface area contributed by atoms with Crippen molar-refractivity contribution in [3.63, 3.8) is 0 Å². The maximum Gasteiger partial charge on any atom is 0.326 e. The lowest BCUT2D eigenvalue weighted by molar-refractivity contribution is -0.142. The predicted octanol–water partition coefficient (Wildman–Crippen LogP) is 0.769. The van der Waals surface area contributed by atoms with E-state index >= 15 is 0 Å². The van der Waals surface area contributed by atoms with E-state index < -0.39 is 23.3 Å². The van der Waals surface area contributed by atoms with Gasteiger partial charge in [-0.1, -0.05) is 20.8 Å². The molecule has 4 N–H and O–H groups in total. The quantitative estimate of drug-likeness (QED) is 0.745. The van der Waals surface area contributed by atoms with Crippen LogP contribution in [0.1, 0.15) is 36.8 Å². The van der Waals surface area contributed by atoms with E-state index in [1.165, 1.54) is 12.3 Å². The zero-order valence-corrected chi connectivity index (χ0v) is 11.3. The molecule has 0 saturated heterocycles. The minimum Gasteiger partial charge on any atom is -0.480 e. The number of aromatic nitrogens is 1. The van der Waals surface area contributed by atoms with Crippen LogP contribution in [0.4, 0.5) is 0 Å². The van der Waals surface area contributed by atoms with Crippen LogP contribution in [0, 0.1) is 5.41 Å². The zero-order valence-electron chi connectivity index (χ0n) is 11.3. The Labute approximate surface area is 112 Å². The number of amides is 1. The maximum absolute atomic E-state index is 12.0. The number of rotatable bonds is 4. The molecule has 0 saturated carbocycles. The molecule has 0 fully saturated rings. The molecule has 6 heteroatoms. The summed E-state index contributed by atoms with van der Waals surface area (Å²) in [7, 11) is 0. The van der Waals surface area contributed by atoms with Crippen molar-refractivity contribution in [2.24, 2.45) is 11.1 Å². The van der Waals surface area contributed by atoms with E-state index in [1.54, 1.807) is 26.8 Å². The Balaban J connectivity index is 2.91. The van der Waals surface area contributed by atoms with Crippen molar-refractivity contribution in [3.05, 3.63) is 29.6 Å². The minimum absolute atomic E-state index is 0.225. The molecule has 0 spiro atoms. The molecule has 1 unspecified atom stereocenters. The topological polar surface area (TPSA) is 105 Å². The molecule has 6 nitrogen and oxygen atoms in total. The second-order valence-corrected chi connectivity index (χ2v) is 5.35. The van der Waals surface area contributed by atoms with Gasteiger partial charge in [-0.2, -0.15) is 0 Å². The number of nitrogens with one attached hydrogen (secondary N) is 1. The van der Waals surface area contributed by atoms with Crippen LogP contribution in [0.5, 0.6) is 0 Å². The van der Waals surface area contributed by atoms with E-state index in [0.717, 1.165) is 0 Å². The first-order valence-corrected chi connectivity index (χ1v) is 5.94. The summed E-state index contributed by atoms with van der Waals surface area (Å²) < 4.78 is 0. The molecule has 1 aromatic heterocycles. The molecule has 0 bridgehead atoms. The van der Waals surface area contributed by atoms with Crippen molar-refractivity contribution >= 4 is 11.9 Å². The summed E-state index contributed by atoms with van der Waals surface area (Å²) in [6.07, 6.45) is 1.48. The normalized spacial score (nSPS) is 12.8. The highest BCUT2D eigenvalue weighted by molar-refractivity contribution is 5.96. The van der Waals surface area contributed by atoms with E-state index in [9.17, 15) is 9.59 Å². The second kappa shape index (κ2) is 5.79. The van der Waals surface area contributed by atoms with Crippen molar-refractivity contribution in [1.82, 2.24) is 10.3 Å². The molecule has 1 heterocycles. The van der Waals surface area contributed by atoms with Gasteiger partial charge in [0, 0.05) is 18.3 Å². The lowest BCUT2D eigenvalue weighted by Gasteiger charge is -2.27. The molecule has 1 aromatic rings. The van der Waals surface area contributed by atoms with E-state index in [1.807, 2.05) is 0 Å². The third-order valence-electron chi connectivity index (χ3n) is 2.68. The summed E-state index contributed by atoms with van der Waals surface area (Å²) in [5, 5.41) is 11.7. The third-order valence-corrected chi connectivity index (χ3v) is 2.68. The van der Waals surface area contributed by atoms with Crippen LogP contribution in [-0.4, -0.2) is 28.0 Å². The first kappa shape index (κ1) is 15.1. The SMILES string of the molecule is CC(C)(C)C(NC(=O)c1ccnc(CN)c1)C(=O)O. The van der Waals surface area contributed by atoms with Gasteiger partial charge in [0.1, 0.15) is 6.04 Å². The van der Waals surface area contributed by atoms with Gasteiger partial charge < -0.3 is 16.2 Å². The third kappa shape index (κ3) is 4.03. The number of aliphatic carboxylic acids is 1. The van der Waals surface area contributed by atoms with Crippen LogP contribution in [0.3, 0.4) is 0 Å². The molecule has 19 heavy (non-hydrogen) atoms. The second-order valence-electron chi connectivity index (χ2n) is 5.35. The first-order chi connectivity index (χ1) is 8.75. The summed E-state index contributed by atoms with van der Waals surface area (Å²) in [5.74, 6) is -1.51. The molecule has 1 rings (SSSR count). The Morgan fingerprint density at radius 1 is 1.47 bits per heavy atom. The van der Waals surface area contributed by atoms with E-state index in [4.69, 9.17) is 10.8 Å². The smallest absolute Gasteiger partial charge is 0.326 e. The summed E-state index contributed by atoms with van der Waals surface area (Å²) in [5.41, 5.74) is 5.80. The number of pyridine rings is 1. The van der Waals surface area contributed by atoms with Gasteiger partial charge in [-0.05, 0) is 17.5 Å². The number of carbonyl (C=O) groups excluding carboxylic acids is 1. The number of nitrogens with two attached hydrogens (primary N) is 1. The van der Waals surface area contributed by atoms with Crippen LogP contribution in [0.25, 0.3) is 0 Å². The van der Waals surface area contributed by atoms with Gasteiger partial charge in [-0.25, -0.2) is 4.79 Å². The number of nitrogens with zero attached hydrogens (tertiary/aromatic N) is 1. The largest absolute Gasteiger partial charge is 0.480 e. The molecule has 0 radical (unpaired) electrons.